The number of methoxy groups -OCH3 is 1. The molecule has 1 N–H and O–H groups in total. The van der Waals surface area contributed by atoms with Gasteiger partial charge in [0.25, 0.3) is 0 Å². The van der Waals surface area contributed by atoms with E-state index in [1.807, 2.05) is 6.07 Å². The third-order valence-electron chi connectivity index (χ3n) is 3.73. The number of hydrogen-bond acceptors (Lipinski definition) is 3. The van der Waals surface area contributed by atoms with Crippen LogP contribution in [0.5, 0.6) is 5.75 Å². The maximum absolute atomic E-state index is 5.27. The van der Waals surface area contributed by atoms with Crippen LogP contribution in [0.2, 0.25) is 0 Å². The molecule has 2 rings (SSSR count). The molecule has 0 aliphatic carbocycles. The highest BCUT2D eigenvalue weighted by Crippen LogP contribution is 2.27. The van der Waals surface area contributed by atoms with E-state index in [0.29, 0.717) is 6.04 Å². The lowest BCUT2D eigenvalue weighted by Gasteiger charge is -2.25. The minimum atomic E-state index is 0.681. The summed E-state index contributed by atoms with van der Waals surface area (Å²) in [6.07, 6.45) is 2.62. The van der Waals surface area contributed by atoms with Crippen molar-refractivity contribution in [3.05, 3.63) is 28.2 Å². The van der Waals surface area contributed by atoms with E-state index in [9.17, 15) is 0 Å². The SMILES string of the molecule is CCNCC1CCCN1Cc1ccc(OC)c(Br)c1. The highest BCUT2D eigenvalue weighted by atomic mass is 79.9. The fraction of sp³-hybridized carbons (Fsp3) is 0.600. The first-order valence-corrected chi connectivity index (χ1v) is 7.81. The molecular weight excluding hydrogens is 304 g/mol. The summed E-state index contributed by atoms with van der Waals surface area (Å²) in [7, 11) is 1.70. The highest BCUT2D eigenvalue weighted by molar-refractivity contribution is 9.10. The average Bonchev–Trinajstić information content (AvgIpc) is 2.84. The Morgan fingerprint density at radius 1 is 1.47 bits per heavy atom. The maximum Gasteiger partial charge on any atom is 0.133 e. The Hall–Kier alpha value is -0.580. The minimum absolute atomic E-state index is 0.681. The fourth-order valence-electron chi connectivity index (χ4n) is 2.69. The number of benzene rings is 1. The van der Waals surface area contributed by atoms with Gasteiger partial charge in [-0.2, -0.15) is 0 Å². The molecule has 19 heavy (non-hydrogen) atoms. The zero-order valence-electron chi connectivity index (χ0n) is 11.8. The second kappa shape index (κ2) is 7.27. The first kappa shape index (κ1) is 14.8. The fourth-order valence-corrected chi connectivity index (χ4v) is 3.28. The van der Waals surface area contributed by atoms with Crippen molar-refractivity contribution in [2.45, 2.75) is 32.4 Å². The molecule has 0 spiro atoms. The molecule has 0 amide bonds. The molecule has 0 saturated carbocycles. The van der Waals surface area contributed by atoms with Gasteiger partial charge in [0.15, 0.2) is 0 Å². The van der Waals surface area contributed by atoms with Crippen molar-refractivity contribution in [1.29, 1.82) is 0 Å². The standard InChI is InChI=1S/C15H23BrN2O/c1-3-17-10-13-5-4-8-18(13)11-12-6-7-15(19-2)14(16)9-12/h6-7,9,13,17H,3-5,8,10-11H2,1-2H3. The lowest BCUT2D eigenvalue weighted by atomic mass is 10.1. The average molecular weight is 327 g/mol. The molecule has 0 radical (unpaired) electrons. The second-order valence-corrected chi connectivity index (χ2v) is 5.90. The normalized spacial score (nSPS) is 19.8. The summed E-state index contributed by atoms with van der Waals surface area (Å²) in [5, 5.41) is 3.46. The summed E-state index contributed by atoms with van der Waals surface area (Å²) in [4.78, 5) is 2.58. The summed E-state index contributed by atoms with van der Waals surface area (Å²) in [6.45, 7) is 6.56. The number of likely N-dealkylation sites (tertiary alicyclic amines) is 1. The quantitative estimate of drug-likeness (QED) is 0.869. The Labute approximate surface area is 124 Å². The molecule has 1 aliphatic rings. The van der Waals surface area contributed by atoms with Crippen LogP contribution >= 0.6 is 15.9 Å². The van der Waals surface area contributed by atoms with Gasteiger partial charge < -0.3 is 10.1 Å². The molecule has 1 aromatic carbocycles. The first-order valence-electron chi connectivity index (χ1n) is 7.01. The molecule has 106 valence electrons. The van der Waals surface area contributed by atoms with Crippen LogP contribution in [-0.2, 0) is 6.54 Å². The zero-order valence-corrected chi connectivity index (χ0v) is 13.4. The second-order valence-electron chi connectivity index (χ2n) is 5.04. The summed E-state index contributed by atoms with van der Waals surface area (Å²) in [5.74, 6) is 0.898. The highest BCUT2D eigenvalue weighted by Gasteiger charge is 2.23. The van der Waals surface area contributed by atoms with Gasteiger partial charge in [0.2, 0.25) is 0 Å². The number of nitrogens with zero attached hydrogens (tertiary/aromatic N) is 1. The molecule has 1 aliphatic heterocycles. The van der Waals surface area contributed by atoms with Crippen molar-refractivity contribution in [1.82, 2.24) is 10.2 Å². The number of nitrogens with one attached hydrogen (secondary N) is 1. The van der Waals surface area contributed by atoms with E-state index >= 15 is 0 Å². The van der Waals surface area contributed by atoms with Crippen molar-refractivity contribution in [3.8, 4) is 5.75 Å². The molecule has 1 atom stereocenters. The van der Waals surface area contributed by atoms with E-state index in [1.54, 1.807) is 7.11 Å². The van der Waals surface area contributed by atoms with E-state index in [1.165, 1.54) is 24.9 Å². The number of halogens is 1. The van der Waals surface area contributed by atoms with E-state index in [-0.39, 0.29) is 0 Å². The molecule has 1 fully saturated rings. The zero-order chi connectivity index (χ0) is 13.7. The molecule has 1 heterocycles. The van der Waals surface area contributed by atoms with Crippen molar-refractivity contribution in [2.24, 2.45) is 0 Å². The molecule has 4 heteroatoms. The smallest absolute Gasteiger partial charge is 0.133 e. The molecule has 3 nitrogen and oxygen atoms in total. The van der Waals surface area contributed by atoms with Crippen molar-refractivity contribution in [2.75, 3.05) is 26.7 Å². The lowest BCUT2D eigenvalue weighted by molar-refractivity contribution is 0.240. The van der Waals surface area contributed by atoms with Crippen LogP contribution in [0.25, 0.3) is 0 Å². The number of hydrogen-bond donors (Lipinski definition) is 1. The predicted octanol–water partition coefficient (Wildman–Crippen LogP) is 3.03. The van der Waals surface area contributed by atoms with Gasteiger partial charge in [-0.25, -0.2) is 0 Å². The Morgan fingerprint density at radius 3 is 3.00 bits per heavy atom. The van der Waals surface area contributed by atoms with Crippen LogP contribution in [-0.4, -0.2) is 37.7 Å². The summed E-state index contributed by atoms with van der Waals surface area (Å²) < 4.78 is 6.31. The Balaban J connectivity index is 1.97. The van der Waals surface area contributed by atoms with Crippen LogP contribution in [0.4, 0.5) is 0 Å². The third kappa shape index (κ3) is 3.94. The van der Waals surface area contributed by atoms with Crippen LogP contribution < -0.4 is 10.1 Å². The van der Waals surface area contributed by atoms with E-state index in [4.69, 9.17) is 4.74 Å². The van der Waals surface area contributed by atoms with E-state index in [0.717, 1.165) is 29.9 Å². The third-order valence-corrected chi connectivity index (χ3v) is 4.35. The maximum atomic E-state index is 5.27. The van der Waals surface area contributed by atoms with Crippen molar-refractivity contribution in [3.63, 3.8) is 0 Å². The monoisotopic (exact) mass is 326 g/mol. The van der Waals surface area contributed by atoms with Crippen molar-refractivity contribution >= 4 is 15.9 Å². The molecule has 0 aromatic heterocycles. The lowest BCUT2D eigenvalue weighted by Crippen LogP contribution is -2.37. The molecule has 0 bridgehead atoms. The largest absolute Gasteiger partial charge is 0.496 e. The number of rotatable bonds is 6. The Bertz CT molecular complexity index is 411. The van der Waals surface area contributed by atoms with Crippen molar-refractivity contribution < 1.29 is 4.74 Å². The van der Waals surface area contributed by atoms with Gasteiger partial charge in [-0.05, 0) is 59.6 Å². The topological polar surface area (TPSA) is 24.5 Å². The Kier molecular flexibility index (Phi) is 5.67. The predicted molar refractivity (Wildman–Crippen MR) is 82.7 cm³/mol. The molecule has 1 aromatic rings. The molecular formula is C15H23BrN2O. The van der Waals surface area contributed by atoms with Gasteiger partial charge in [-0.3, -0.25) is 4.90 Å². The summed E-state index contributed by atoms with van der Waals surface area (Å²) >= 11 is 3.56. The minimum Gasteiger partial charge on any atom is -0.496 e. The van der Waals surface area contributed by atoms with E-state index < -0.39 is 0 Å². The van der Waals surface area contributed by atoms with Gasteiger partial charge >= 0.3 is 0 Å². The van der Waals surface area contributed by atoms with E-state index in [2.05, 4.69) is 45.2 Å². The van der Waals surface area contributed by atoms with Gasteiger partial charge in [0, 0.05) is 19.1 Å². The first-order chi connectivity index (χ1) is 9.24. The molecule has 1 unspecified atom stereocenters. The van der Waals surface area contributed by atoms with Gasteiger partial charge in [0.05, 0.1) is 11.6 Å². The van der Waals surface area contributed by atoms with Crippen LogP contribution in [0.15, 0.2) is 22.7 Å². The summed E-state index contributed by atoms with van der Waals surface area (Å²) in [6, 6.07) is 7.04. The Morgan fingerprint density at radius 2 is 2.32 bits per heavy atom. The van der Waals surface area contributed by atoms with Gasteiger partial charge in [0.1, 0.15) is 5.75 Å². The number of likely N-dealkylation sites (N-methyl/N-ethyl adjacent to an activating group) is 1. The molecule has 1 saturated heterocycles. The van der Waals surface area contributed by atoms with Crippen LogP contribution in [0, 0.1) is 0 Å². The number of ether oxygens (including phenoxy) is 1. The summed E-state index contributed by atoms with van der Waals surface area (Å²) in [5.41, 5.74) is 1.34. The van der Waals surface area contributed by atoms with Gasteiger partial charge in [-0.15, -0.1) is 0 Å². The van der Waals surface area contributed by atoms with Crippen LogP contribution in [0.1, 0.15) is 25.3 Å². The van der Waals surface area contributed by atoms with Crippen LogP contribution in [0.3, 0.4) is 0 Å². The van der Waals surface area contributed by atoms with Gasteiger partial charge in [-0.1, -0.05) is 13.0 Å².